The molecule has 1 aromatic carbocycles. The van der Waals surface area contributed by atoms with Crippen molar-refractivity contribution < 1.29 is 4.79 Å². The molecule has 2 aromatic rings. The monoisotopic (exact) mass is 294 g/mol. The van der Waals surface area contributed by atoms with Crippen LogP contribution in [-0.4, -0.2) is 21.4 Å². The number of nitrogens with one attached hydrogen (secondary N) is 1. The van der Waals surface area contributed by atoms with Gasteiger partial charge in [0.15, 0.2) is 4.34 Å². The minimum Gasteiger partial charge on any atom is -0.374 e. The molecule has 0 saturated heterocycles. The third-order valence-corrected chi connectivity index (χ3v) is 4.41. The van der Waals surface area contributed by atoms with Gasteiger partial charge < -0.3 is 11.1 Å². The fraction of sp³-hybridized carbons (Fsp3) is 0.250. The largest absolute Gasteiger partial charge is 0.374 e. The van der Waals surface area contributed by atoms with Crippen LogP contribution in [0, 0.1) is 6.92 Å². The van der Waals surface area contributed by atoms with Crippen molar-refractivity contribution in [3.63, 3.8) is 0 Å². The van der Waals surface area contributed by atoms with E-state index in [2.05, 4.69) is 15.5 Å². The zero-order chi connectivity index (χ0) is 13.8. The topological polar surface area (TPSA) is 80.9 Å². The SMILES string of the molecule is Cc1ccccc1NC(=O)C(C)Sc1nnc(N)s1. The minimum absolute atomic E-state index is 0.0620. The van der Waals surface area contributed by atoms with Crippen molar-refractivity contribution in [3.8, 4) is 0 Å². The van der Waals surface area contributed by atoms with Gasteiger partial charge in [0.1, 0.15) is 0 Å². The Labute approximate surface area is 119 Å². The second-order valence-electron chi connectivity index (χ2n) is 3.97. The van der Waals surface area contributed by atoms with Gasteiger partial charge in [-0.3, -0.25) is 4.79 Å². The Bertz CT molecular complexity index is 585. The molecule has 2 rings (SSSR count). The molecule has 1 heterocycles. The van der Waals surface area contributed by atoms with Gasteiger partial charge in [0.2, 0.25) is 11.0 Å². The standard InChI is InChI=1S/C12H14N4OS2/c1-7-5-3-4-6-9(7)14-10(17)8(2)18-12-16-15-11(13)19-12/h3-6,8H,1-2H3,(H2,13,15)(H,14,17). The molecule has 1 unspecified atom stereocenters. The van der Waals surface area contributed by atoms with Gasteiger partial charge in [-0.05, 0) is 25.5 Å². The molecule has 7 heteroatoms. The third-order valence-electron chi connectivity index (χ3n) is 2.47. The van der Waals surface area contributed by atoms with E-state index in [0.717, 1.165) is 11.3 Å². The van der Waals surface area contributed by atoms with Crippen LogP contribution in [0.25, 0.3) is 0 Å². The van der Waals surface area contributed by atoms with E-state index in [9.17, 15) is 4.79 Å². The number of aryl methyl sites for hydroxylation is 1. The summed E-state index contributed by atoms with van der Waals surface area (Å²) < 4.78 is 0.699. The highest BCUT2D eigenvalue weighted by molar-refractivity contribution is 8.02. The molecule has 0 radical (unpaired) electrons. The highest BCUT2D eigenvalue weighted by Crippen LogP contribution is 2.28. The average molecular weight is 294 g/mol. The number of hydrogen-bond donors (Lipinski definition) is 2. The quantitative estimate of drug-likeness (QED) is 0.847. The Hall–Kier alpha value is -1.60. The first-order valence-electron chi connectivity index (χ1n) is 5.68. The smallest absolute Gasteiger partial charge is 0.237 e. The molecule has 0 aliphatic carbocycles. The van der Waals surface area contributed by atoms with Crippen LogP contribution in [0.4, 0.5) is 10.8 Å². The van der Waals surface area contributed by atoms with E-state index in [4.69, 9.17) is 5.73 Å². The van der Waals surface area contributed by atoms with Crippen LogP contribution in [0.1, 0.15) is 12.5 Å². The summed E-state index contributed by atoms with van der Waals surface area (Å²) >= 11 is 2.63. The molecule has 5 nitrogen and oxygen atoms in total. The Morgan fingerprint density at radius 2 is 2.16 bits per heavy atom. The highest BCUT2D eigenvalue weighted by atomic mass is 32.2. The maximum Gasteiger partial charge on any atom is 0.237 e. The number of hydrogen-bond acceptors (Lipinski definition) is 6. The molecule has 19 heavy (non-hydrogen) atoms. The molecule has 1 aromatic heterocycles. The number of amides is 1. The number of aromatic nitrogens is 2. The average Bonchev–Trinajstić information content (AvgIpc) is 2.77. The van der Waals surface area contributed by atoms with Gasteiger partial charge in [0, 0.05) is 5.69 Å². The van der Waals surface area contributed by atoms with Crippen molar-refractivity contribution in [1.82, 2.24) is 10.2 Å². The van der Waals surface area contributed by atoms with Crippen molar-refractivity contribution in [2.24, 2.45) is 0 Å². The summed E-state index contributed by atoms with van der Waals surface area (Å²) in [5, 5.41) is 10.7. The number of nitrogens with two attached hydrogens (primary N) is 1. The third kappa shape index (κ3) is 3.68. The van der Waals surface area contributed by atoms with E-state index in [1.165, 1.54) is 23.1 Å². The number of rotatable bonds is 4. The number of nitrogen functional groups attached to an aromatic ring is 1. The first-order chi connectivity index (χ1) is 9.06. The second kappa shape index (κ2) is 6.03. The zero-order valence-electron chi connectivity index (χ0n) is 10.6. The van der Waals surface area contributed by atoms with Crippen LogP contribution in [0.2, 0.25) is 0 Å². The lowest BCUT2D eigenvalue weighted by Gasteiger charge is -2.11. The first kappa shape index (κ1) is 13.8. The molecule has 0 fully saturated rings. The Kier molecular flexibility index (Phi) is 4.39. The van der Waals surface area contributed by atoms with Gasteiger partial charge in [0.05, 0.1) is 5.25 Å². The number of carbonyl (C=O) groups excluding carboxylic acids is 1. The molecule has 100 valence electrons. The van der Waals surface area contributed by atoms with Crippen molar-refractivity contribution in [2.75, 3.05) is 11.1 Å². The molecular formula is C12H14N4OS2. The van der Waals surface area contributed by atoms with Crippen molar-refractivity contribution in [3.05, 3.63) is 29.8 Å². The molecule has 0 bridgehead atoms. The summed E-state index contributed by atoms with van der Waals surface area (Å²) in [5.41, 5.74) is 7.37. The van der Waals surface area contributed by atoms with E-state index in [0.29, 0.717) is 9.47 Å². The minimum atomic E-state index is -0.257. The van der Waals surface area contributed by atoms with Gasteiger partial charge in [-0.25, -0.2) is 0 Å². The fourth-order valence-electron chi connectivity index (χ4n) is 1.42. The Morgan fingerprint density at radius 3 is 2.79 bits per heavy atom. The van der Waals surface area contributed by atoms with Crippen molar-refractivity contribution >= 4 is 39.8 Å². The van der Waals surface area contributed by atoms with E-state index in [1.807, 2.05) is 38.1 Å². The highest BCUT2D eigenvalue weighted by Gasteiger charge is 2.17. The predicted molar refractivity (Wildman–Crippen MR) is 79.4 cm³/mol. The lowest BCUT2D eigenvalue weighted by atomic mass is 10.2. The maximum atomic E-state index is 12.1. The number of thioether (sulfide) groups is 1. The summed E-state index contributed by atoms with van der Waals surface area (Å²) in [6.07, 6.45) is 0. The van der Waals surface area contributed by atoms with Gasteiger partial charge in [-0.1, -0.05) is 41.3 Å². The Morgan fingerprint density at radius 1 is 1.42 bits per heavy atom. The maximum absolute atomic E-state index is 12.1. The van der Waals surface area contributed by atoms with Gasteiger partial charge in [-0.2, -0.15) is 0 Å². The van der Waals surface area contributed by atoms with Crippen LogP contribution in [0.15, 0.2) is 28.6 Å². The number of benzene rings is 1. The molecule has 0 aliphatic heterocycles. The number of para-hydroxylation sites is 1. The number of carbonyl (C=O) groups is 1. The van der Waals surface area contributed by atoms with E-state index >= 15 is 0 Å². The predicted octanol–water partition coefficient (Wildman–Crippen LogP) is 2.55. The summed E-state index contributed by atoms with van der Waals surface area (Å²) in [7, 11) is 0. The Balaban J connectivity index is 1.98. The molecular weight excluding hydrogens is 280 g/mol. The van der Waals surface area contributed by atoms with E-state index in [-0.39, 0.29) is 11.2 Å². The fourth-order valence-corrected chi connectivity index (χ4v) is 3.20. The van der Waals surface area contributed by atoms with Gasteiger partial charge in [-0.15, -0.1) is 10.2 Å². The summed E-state index contributed by atoms with van der Waals surface area (Å²) in [4.78, 5) is 12.1. The summed E-state index contributed by atoms with van der Waals surface area (Å²) in [5.74, 6) is -0.0620. The van der Waals surface area contributed by atoms with E-state index < -0.39 is 0 Å². The normalized spacial score (nSPS) is 12.1. The molecule has 0 aliphatic rings. The van der Waals surface area contributed by atoms with Crippen LogP contribution < -0.4 is 11.1 Å². The molecule has 3 N–H and O–H groups in total. The number of anilines is 2. The summed E-state index contributed by atoms with van der Waals surface area (Å²) in [6, 6.07) is 7.67. The zero-order valence-corrected chi connectivity index (χ0v) is 12.2. The van der Waals surface area contributed by atoms with Gasteiger partial charge in [0.25, 0.3) is 0 Å². The molecule has 0 saturated carbocycles. The lowest BCUT2D eigenvalue weighted by molar-refractivity contribution is -0.115. The van der Waals surface area contributed by atoms with E-state index in [1.54, 1.807) is 0 Å². The van der Waals surface area contributed by atoms with Crippen molar-refractivity contribution in [1.29, 1.82) is 0 Å². The van der Waals surface area contributed by atoms with Crippen LogP contribution >= 0.6 is 23.1 Å². The number of nitrogens with zero attached hydrogens (tertiary/aromatic N) is 2. The molecule has 1 amide bonds. The summed E-state index contributed by atoms with van der Waals surface area (Å²) in [6.45, 7) is 3.79. The first-order valence-corrected chi connectivity index (χ1v) is 7.38. The molecule has 0 spiro atoms. The van der Waals surface area contributed by atoms with Crippen molar-refractivity contribution in [2.45, 2.75) is 23.4 Å². The lowest BCUT2D eigenvalue weighted by Crippen LogP contribution is -2.22. The van der Waals surface area contributed by atoms with Gasteiger partial charge >= 0.3 is 0 Å². The van der Waals surface area contributed by atoms with Crippen LogP contribution in [0.5, 0.6) is 0 Å². The van der Waals surface area contributed by atoms with Crippen LogP contribution in [-0.2, 0) is 4.79 Å². The second-order valence-corrected chi connectivity index (χ2v) is 6.57. The molecule has 1 atom stereocenters. The van der Waals surface area contributed by atoms with Crippen LogP contribution in [0.3, 0.4) is 0 Å².